The average molecular weight is 362 g/mol. The van der Waals surface area contributed by atoms with E-state index in [1.807, 2.05) is 66.7 Å². The maximum Gasteiger partial charge on any atom is 0.349 e. The number of nitrogens with two attached hydrogens (primary N) is 1. The minimum Gasteiger partial charge on any atom is -0.383 e. The van der Waals surface area contributed by atoms with Gasteiger partial charge in [0.1, 0.15) is 11.6 Å². The van der Waals surface area contributed by atoms with Gasteiger partial charge in [-0.15, -0.1) is 0 Å². The van der Waals surface area contributed by atoms with E-state index >= 15 is 0 Å². The summed E-state index contributed by atoms with van der Waals surface area (Å²) in [6, 6.07) is 0.286. The summed E-state index contributed by atoms with van der Waals surface area (Å²) < 4.78 is 3.20. The van der Waals surface area contributed by atoms with Gasteiger partial charge in [0.15, 0.2) is 0 Å². The number of aryl methyl sites for hydroxylation is 2. The van der Waals surface area contributed by atoms with Gasteiger partial charge < -0.3 is 10.6 Å². The second-order valence-electron chi connectivity index (χ2n) is 7.02. The fourth-order valence-electron chi connectivity index (χ4n) is 2.33. The van der Waals surface area contributed by atoms with Crippen LogP contribution in [0.25, 0.3) is 0 Å². The third-order valence-corrected chi connectivity index (χ3v) is 3.82. The molecule has 2 aromatic heterocycles. The van der Waals surface area contributed by atoms with Crippen LogP contribution in [0, 0.1) is 13.8 Å². The smallest absolute Gasteiger partial charge is 0.349 e. The van der Waals surface area contributed by atoms with Crippen LogP contribution in [-0.4, -0.2) is 33.2 Å². The second-order valence-corrected chi connectivity index (χ2v) is 7.02. The van der Waals surface area contributed by atoms with Crippen LogP contribution in [0.3, 0.4) is 0 Å². The van der Waals surface area contributed by atoms with E-state index < -0.39 is 0 Å². The molecule has 0 amide bonds. The minimum atomic E-state index is -0.284. The van der Waals surface area contributed by atoms with Crippen LogP contribution in [0.2, 0.25) is 0 Å². The SMILES string of the molecule is Cc1cn(C(C)C)c(=O)nc1N.Cc1cn(C(C)C)c(=O)nc1N(C)C. The largest absolute Gasteiger partial charge is 0.383 e. The number of anilines is 2. The van der Waals surface area contributed by atoms with Gasteiger partial charge in [-0.25, -0.2) is 9.59 Å². The van der Waals surface area contributed by atoms with Crippen LogP contribution in [0.15, 0.2) is 22.0 Å². The van der Waals surface area contributed by atoms with E-state index in [1.165, 1.54) is 0 Å². The molecule has 0 unspecified atom stereocenters. The van der Waals surface area contributed by atoms with E-state index in [9.17, 15) is 9.59 Å². The summed E-state index contributed by atoms with van der Waals surface area (Å²) in [6.07, 6.45) is 3.59. The predicted molar refractivity (Wildman–Crippen MR) is 106 cm³/mol. The molecular formula is C18H30N6O2. The third kappa shape index (κ3) is 5.18. The van der Waals surface area contributed by atoms with Crippen molar-refractivity contribution < 1.29 is 0 Å². The number of nitrogen functional groups attached to an aromatic ring is 1. The zero-order valence-electron chi connectivity index (χ0n) is 16.9. The van der Waals surface area contributed by atoms with Crippen LogP contribution in [-0.2, 0) is 0 Å². The molecule has 0 aliphatic carbocycles. The number of nitrogens with zero attached hydrogens (tertiary/aromatic N) is 5. The minimum absolute atomic E-state index is 0.129. The fourth-order valence-corrected chi connectivity index (χ4v) is 2.33. The monoisotopic (exact) mass is 362 g/mol. The predicted octanol–water partition coefficient (Wildman–Crippen LogP) is 1.91. The Balaban J connectivity index is 0.000000263. The first kappa shape index (κ1) is 21.4. The van der Waals surface area contributed by atoms with Crippen molar-refractivity contribution in [2.45, 2.75) is 53.6 Å². The second kappa shape index (κ2) is 8.64. The molecule has 0 atom stereocenters. The molecule has 0 saturated heterocycles. The van der Waals surface area contributed by atoms with Gasteiger partial charge in [-0.05, 0) is 41.5 Å². The van der Waals surface area contributed by atoms with E-state index in [4.69, 9.17) is 5.73 Å². The van der Waals surface area contributed by atoms with Gasteiger partial charge in [0.05, 0.1) is 0 Å². The highest BCUT2D eigenvalue weighted by Crippen LogP contribution is 2.12. The maximum atomic E-state index is 11.6. The maximum absolute atomic E-state index is 11.6. The summed E-state index contributed by atoms with van der Waals surface area (Å²) in [4.78, 5) is 32.3. The summed E-state index contributed by atoms with van der Waals surface area (Å²) >= 11 is 0. The summed E-state index contributed by atoms with van der Waals surface area (Å²) in [6.45, 7) is 11.6. The highest BCUT2D eigenvalue weighted by atomic mass is 16.1. The van der Waals surface area contributed by atoms with Crippen LogP contribution in [0.4, 0.5) is 11.6 Å². The molecule has 0 bridgehead atoms. The molecule has 2 rings (SSSR count). The molecule has 2 heterocycles. The quantitative estimate of drug-likeness (QED) is 0.895. The van der Waals surface area contributed by atoms with Crippen molar-refractivity contribution in [2.24, 2.45) is 0 Å². The summed E-state index contributed by atoms with van der Waals surface area (Å²) in [5, 5.41) is 0. The lowest BCUT2D eigenvalue weighted by Crippen LogP contribution is -2.27. The van der Waals surface area contributed by atoms with Gasteiger partial charge in [-0.2, -0.15) is 9.97 Å². The van der Waals surface area contributed by atoms with Crippen LogP contribution in [0.5, 0.6) is 0 Å². The van der Waals surface area contributed by atoms with Crippen molar-refractivity contribution in [3.8, 4) is 0 Å². The van der Waals surface area contributed by atoms with Gasteiger partial charge in [0.25, 0.3) is 0 Å². The number of rotatable bonds is 3. The van der Waals surface area contributed by atoms with E-state index in [0.29, 0.717) is 5.82 Å². The van der Waals surface area contributed by atoms with Gasteiger partial charge in [0.2, 0.25) is 0 Å². The van der Waals surface area contributed by atoms with Gasteiger partial charge in [0, 0.05) is 49.7 Å². The first-order valence-electron chi connectivity index (χ1n) is 8.58. The molecule has 2 aromatic rings. The Kier molecular flexibility index (Phi) is 7.11. The Morgan fingerprint density at radius 2 is 1.31 bits per heavy atom. The zero-order chi connectivity index (χ0) is 20.2. The van der Waals surface area contributed by atoms with Crippen molar-refractivity contribution in [1.29, 1.82) is 0 Å². The molecule has 0 fully saturated rings. The van der Waals surface area contributed by atoms with E-state index in [1.54, 1.807) is 15.3 Å². The molecule has 0 radical (unpaired) electrons. The summed E-state index contributed by atoms with van der Waals surface area (Å²) in [5.74, 6) is 1.06. The summed E-state index contributed by atoms with van der Waals surface area (Å²) in [5.41, 5.74) is 6.85. The van der Waals surface area contributed by atoms with Crippen molar-refractivity contribution in [3.63, 3.8) is 0 Å². The van der Waals surface area contributed by atoms with Gasteiger partial charge in [-0.1, -0.05) is 0 Å². The van der Waals surface area contributed by atoms with Crippen LogP contribution in [0.1, 0.15) is 50.9 Å². The Labute approximate surface area is 154 Å². The molecule has 26 heavy (non-hydrogen) atoms. The van der Waals surface area contributed by atoms with Crippen molar-refractivity contribution in [3.05, 3.63) is 44.5 Å². The number of hydrogen-bond acceptors (Lipinski definition) is 6. The lowest BCUT2D eigenvalue weighted by molar-refractivity contribution is 0.561. The Morgan fingerprint density at radius 3 is 1.73 bits per heavy atom. The van der Waals surface area contributed by atoms with Crippen molar-refractivity contribution in [2.75, 3.05) is 24.7 Å². The average Bonchev–Trinajstić information content (AvgIpc) is 2.52. The number of hydrogen-bond donors (Lipinski definition) is 1. The first-order valence-corrected chi connectivity index (χ1v) is 8.58. The standard InChI is InChI=1S/C10H17N3O.C8H13N3O/c1-7(2)13-6-8(3)9(12(4)5)11-10(13)14;1-5(2)11-4-6(3)7(9)10-8(11)12/h6-7H,1-5H3;4-5H,1-3H3,(H2,9,10,12). The van der Waals surface area contributed by atoms with E-state index in [0.717, 1.165) is 16.9 Å². The molecule has 8 nitrogen and oxygen atoms in total. The molecule has 0 aromatic carbocycles. The highest BCUT2D eigenvalue weighted by Gasteiger charge is 2.08. The lowest BCUT2D eigenvalue weighted by Gasteiger charge is -2.16. The molecule has 0 aliphatic rings. The zero-order valence-corrected chi connectivity index (χ0v) is 16.9. The topological polar surface area (TPSA) is 99.0 Å². The molecular weight excluding hydrogens is 332 g/mol. The van der Waals surface area contributed by atoms with Crippen molar-refractivity contribution >= 4 is 11.6 Å². The lowest BCUT2D eigenvalue weighted by atomic mass is 10.3. The molecule has 0 spiro atoms. The number of aromatic nitrogens is 4. The molecule has 0 aliphatic heterocycles. The van der Waals surface area contributed by atoms with Crippen LogP contribution >= 0.6 is 0 Å². The van der Waals surface area contributed by atoms with E-state index in [2.05, 4.69) is 9.97 Å². The highest BCUT2D eigenvalue weighted by molar-refractivity contribution is 5.42. The Hall–Kier alpha value is -2.64. The van der Waals surface area contributed by atoms with Crippen molar-refractivity contribution in [1.82, 2.24) is 19.1 Å². The molecule has 0 saturated carbocycles. The Morgan fingerprint density at radius 1 is 0.885 bits per heavy atom. The fraction of sp³-hybridized carbons (Fsp3) is 0.556. The van der Waals surface area contributed by atoms with Gasteiger partial charge in [-0.3, -0.25) is 9.13 Å². The molecule has 8 heteroatoms. The van der Waals surface area contributed by atoms with E-state index in [-0.39, 0.29) is 23.5 Å². The Bertz CT molecular complexity index is 865. The normalized spacial score (nSPS) is 10.7. The van der Waals surface area contributed by atoms with Gasteiger partial charge >= 0.3 is 11.4 Å². The molecule has 2 N–H and O–H groups in total. The molecule has 144 valence electrons. The van der Waals surface area contributed by atoms with Crippen LogP contribution < -0.4 is 22.0 Å². The summed E-state index contributed by atoms with van der Waals surface area (Å²) in [7, 11) is 3.77. The third-order valence-electron chi connectivity index (χ3n) is 3.82. The first-order chi connectivity index (χ1) is 12.0.